The molecular formula is C21H18N6O4S2. The van der Waals surface area contributed by atoms with Crippen molar-refractivity contribution in [2.75, 3.05) is 15.8 Å². The minimum absolute atomic E-state index is 0.0430. The maximum Gasteiger partial charge on any atom is 0.340 e. The molecule has 2 aromatic carbocycles. The summed E-state index contributed by atoms with van der Waals surface area (Å²) in [6.45, 7) is -0.291. The van der Waals surface area contributed by atoms with Gasteiger partial charge in [-0.1, -0.05) is 36.4 Å². The number of thiophene rings is 1. The smallest absolute Gasteiger partial charge is 0.340 e. The minimum atomic E-state index is -3.83. The van der Waals surface area contributed by atoms with Gasteiger partial charge in [-0.2, -0.15) is 15.0 Å². The van der Waals surface area contributed by atoms with E-state index in [1.807, 2.05) is 30.3 Å². The number of esters is 1. The molecule has 4 aromatic rings. The zero-order chi connectivity index (χ0) is 23.3. The van der Waals surface area contributed by atoms with Crippen molar-refractivity contribution >= 4 is 50.6 Å². The van der Waals surface area contributed by atoms with E-state index in [1.165, 1.54) is 18.2 Å². The topological polar surface area (TPSA) is 149 Å². The van der Waals surface area contributed by atoms with Gasteiger partial charge >= 0.3 is 5.97 Å². The number of benzene rings is 2. The molecule has 0 aliphatic carbocycles. The Morgan fingerprint density at radius 1 is 0.970 bits per heavy atom. The fourth-order valence-corrected chi connectivity index (χ4v) is 4.85. The van der Waals surface area contributed by atoms with E-state index in [1.54, 1.807) is 23.6 Å². The van der Waals surface area contributed by atoms with E-state index in [2.05, 4.69) is 25.0 Å². The lowest BCUT2D eigenvalue weighted by Crippen LogP contribution is -2.16. The molecule has 0 unspecified atom stereocenters. The highest BCUT2D eigenvalue weighted by molar-refractivity contribution is 7.94. The number of hydrogen-bond acceptors (Lipinski definition) is 10. The van der Waals surface area contributed by atoms with Crippen molar-refractivity contribution in [1.29, 1.82) is 0 Å². The normalized spacial score (nSPS) is 11.0. The number of rotatable bonds is 8. The van der Waals surface area contributed by atoms with Crippen LogP contribution in [0.1, 0.15) is 16.2 Å². The van der Waals surface area contributed by atoms with Crippen LogP contribution < -0.4 is 15.8 Å². The first-order valence-corrected chi connectivity index (χ1v) is 11.9. The van der Waals surface area contributed by atoms with Crippen molar-refractivity contribution < 1.29 is 17.9 Å². The Balaban J connectivity index is 1.48. The molecule has 33 heavy (non-hydrogen) atoms. The number of ether oxygens (including phenoxy) is 1. The first-order valence-electron chi connectivity index (χ1n) is 9.56. The molecule has 2 heterocycles. The summed E-state index contributed by atoms with van der Waals surface area (Å²) >= 11 is 1.07. The van der Waals surface area contributed by atoms with Gasteiger partial charge in [-0.25, -0.2) is 13.2 Å². The average Bonchev–Trinajstić information content (AvgIpc) is 3.34. The summed E-state index contributed by atoms with van der Waals surface area (Å²) in [7, 11) is -3.83. The number of nitrogen functional groups attached to an aromatic ring is 1. The molecule has 10 nitrogen and oxygen atoms in total. The molecule has 0 atom stereocenters. The molecule has 4 N–H and O–H groups in total. The maximum atomic E-state index is 12.7. The lowest BCUT2D eigenvalue weighted by atomic mass is 10.2. The highest BCUT2D eigenvalue weighted by Crippen LogP contribution is 2.23. The van der Waals surface area contributed by atoms with Crippen LogP contribution in [0, 0.1) is 0 Å². The number of anilines is 4. The van der Waals surface area contributed by atoms with Crippen molar-refractivity contribution in [3.8, 4) is 0 Å². The Labute approximate surface area is 193 Å². The Hall–Kier alpha value is -4.03. The fraction of sp³-hybridized carbons (Fsp3) is 0.0476. The molecule has 0 bridgehead atoms. The molecule has 0 spiro atoms. The first-order chi connectivity index (χ1) is 15.9. The van der Waals surface area contributed by atoms with E-state index >= 15 is 0 Å². The number of para-hydroxylation sites is 2. The lowest BCUT2D eigenvalue weighted by molar-refractivity contribution is 0.0463. The van der Waals surface area contributed by atoms with Crippen LogP contribution in [0.25, 0.3) is 0 Å². The molecule has 12 heteroatoms. The molecule has 0 aliphatic heterocycles. The standard InChI is InChI=1S/C21H18N6O4S2/c22-20-24-17(25-21(26-20)23-14-7-2-1-3-8-14)13-31-19(28)15-9-4-5-10-16(15)27-33(29,30)18-11-6-12-32-18/h1-12,27H,13H2,(H3,22,23,24,25,26). The number of nitrogens with one attached hydrogen (secondary N) is 2. The number of nitrogens with zero attached hydrogens (tertiary/aromatic N) is 3. The number of carbonyl (C=O) groups is 1. The Kier molecular flexibility index (Phi) is 6.47. The summed E-state index contributed by atoms with van der Waals surface area (Å²) in [4.78, 5) is 24.9. The molecule has 2 aromatic heterocycles. The van der Waals surface area contributed by atoms with Crippen LogP contribution in [0.5, 0.6) is 0 Å². The average molecular weight is 483 g/mol. The van der Waals surface area contributed by atoms with Gasteiger partial charge in [0.2, 0.25) is 11.9 Å². The summed E-state index contributed by atoms with van der Waals surface area (Å²) in [5.41, 5.74) is 6.64. The quantitative estimate of drug-likeness (QED) is 0.321. The van der Waals surface area contributed by atoms with Gasteiger partial charge in [0.1, 0.15) is 4.21 Å². The first kappa shape index (κ1) is 22.2. The number of nitrogens with two attached hydrogens (primary N) is 1. The van der Waals surface area contributed by atoms with Crippen LogP contribution in [-0.4, -0.2) is 29.3 Å². The van der Waals surface area contributed by atoms with E-state index in [4.69, 9.17) is 10.5 Å². The second kappa shape index (κ2) is 9.63. The fourth-order valence-electron chi connectivity index (χ4n) is 2.78. The van der Waals surface area contributed by atoms with Crippen LogP contribution in [0.3, 0.4) is 0 Å². The van der Waals surface area contributed by atoms with Crippen LogP contribution in [0.2, 0.25) is 0 Å². The monoisotopic (exact) mass is 482 g/mol. The second-order valence-corrected chi connectivity index (χ2v) is 9.44. The van der Waals surface area contributed by atoms with Crippen LogP contribution in [0.15, 0.2) is 76.3 Å². The van der Waals surface area contributed by atoms with Gasteiger partial charge in [-0.05, 0) is 35.7 Å². The third kappa shape index (κ3) is 5.61. The summed E-state index contributed by atoms with van der Waals surface area (Å²) in [6.07, 6.45) is 0. The van der Waals surface area contributed by atoms with Crippen LogP contribution in [-0.2, 0) is 21.4 Å². The third-order valence-electron chi connectivity index (χ3n) is 4.21. The van der Waals surface area contributed by atoms with Crippen LogP contribution in [0.4, 0.5) is 23.3 Å². The van der Waals surface area contributed by atoms with Crippen molar-refractivity contribution in [2.45, 2.75) is 10.8 Å². The maximum absolute atomic E-state index is 12.7. The molecule has 168 valence electrons. The second-order valence-electron chi connectivity index (χ2n) is 6.58. The molecular weight excluding hydrogens is 464 g/mol. The molecule has 0 amide bonds. The summed E-state index contributed by atoms with van der Waals surface area (Å²) in [6, 6.07) is 18.5. The van der Waals surface area contributed by atoms with Crippen molar-refractivity contribution in [1.82, 2.24) is 15.0 Å². The third-order valence-corrected chi connectivity index (χ3v) is 6.98. The van der Waals surface area contributed by atoms with Crippen LogP contribution >= 0.6 is 11.3 Å². The Morgan fingerprint density at radius 3 is 2.48 bits per heavy atom. The highest BCUT2D eigenvalue weighted by atomic mass is 32.2. The molecule has 0 saturated carbocycles. The molecule has 0 saturated heterocycles. The Morgan fingerprint density at radius 2 is 1.73 bits per heavy atom. The predicted octanol–water partition coefficient (Wildman–Crippen LogP) is 3.42. The van der Waals surface area contributed by atoms with Crippen molar-refractivity contribution in [2.24, 2.45) is 0 Å². The van der Waals surface area contributed by atoms with Gasteiger partial charge < -0.3 is 15.8 Å². The summed E-state index contributed by atoms with van der Waals surface area (Å²) in [5, 5.41) is 4.64. The highest BCUT2D eigenvalue weighted by Gasteiger charge is 2.20. The van der Waals surface area contributed by atoms with E-state index in [-0.39, 0.29) is 39.8 Å². The lowest BCUT2D eigenvalue weighted by Gasteiger charge is -2.12. The molecule has 0 aliphatic rings. The van der Waals surface area contributed by atoms with Crippen molar-refractivity contribution in [3.05, 3.63) is 83.5 Å². The van der Waals surface area contributed by atoms with Gasteiger partial charge in [0, 0.05) is 5.69 Å². The largest absolute Gasteiger partial charge is 0.454 e. The van der Waals surface area contributed by atoms with Gasteiger partial charge in [-0.3, -0.25) is 4.72 Å². The summed E-state index contributed by atoms with van der Waals surface area (Å²) in [5.74, 6) is -0.468. The van der Waals surface area contributed by atoms with E-state index in [0.717, 1.165) is 17.0 Å². The van der Waals surface area contributed by atoms with E-state index in [0.29, 0.717) is 0 Å². The zero-order valence-corrected chi connectivity index (χ0v) is 18.6. The van der Waals surface area contributed by atoms with Gasteiger partial charge in [0.05, 0.1) is 11.3 Å². The SMILES string of the molecule is Nc1nc(COC(=O)c2ccccc2NS(=O)(=O)c2cccs2)nc(Nc2ccccc2)n1. The van der Waals surface area contributed by atoms with Gasteiger partial charge in [-0.15, -0.1) is 11.3 Å². The zero-order valence-electron chi connectivity index (χ0n) is 17.0. The number of sulfonamides is 1. The van der Waals surface area contributed by atoms with Gasteiger partial charge in [0.15, 0.2) is 12.4 Å². The number of hydrogen-bond donors (Lipinski definition) is 3. The molecule has 0 fully saturated rings. The van der Waals surface area contributed by atoms with E-state index in [9.17, 15) is 13.2 Å². The predicted molar refractivity (Wildman–Crippen MR) is 125 cm³/mol. The Bertz CT molecular complexity index is 1360. The van der Waals surface area contributed by atoms with Crippen molar-refractivity contribution in [3.63, 3.8) is 0 Å². The number of carbonyl (C=O) groups excluding carboxylic acids is 1. The molecule has 0 radical (unpaired) electrons. The number of aromatic nitrogens is 3. The van der Waals surface area contributed by atoms with E-state index < -0.39 is 16.0 Å². The van der Waals surface area contributed by atoms with Gasteiger partial charge in [0.25, 0.3) is 10.0 Å². The molecule has 4 rings (SSSR count). The summed E-state index contributed by atoms with van der Waals surface area (Å²) < 4.78 is 32.9. The minimum Gasteiger partial charge on any atom is -0.454 e.